The Kier molecular flexibility index (Phi) is 3.16. The van der Waals surface area contributed by atoms with Crippen LogP contribution in [0.4, 0.5) is 0 Å². The van der Waals surface area contributed by atoms with Gasteiger partial charge in [0.15, 0.2) is 0 Å². The minimum absolute atomic E-state index is 0.00634. The molecule has 1 aromatic heterocycles. The summed E-state index contributed by atoms with van der Waals surface area (Å²) in [5.74, 6) is 0.258. The lowest BCUT2D eigenvalue weighted by atomic mass is 10.1. The second-order valence-corrected chi connectivity index (χ2v) is 5.66. The number of nitrogens with zero attached hydrogens (tertiary/aromatic N) is 1. The predicted octanol–water partition coefficient (Wildman–Crippen LogP) is 2.37. The highest BCUT2D eigenvalue weighted by atomic mass is 32.1. The maximum Gasteiger partial charge on any atom is 0.225 e. The van der Waals surface area contributed by atoms with E-state index in [1.54, 1.807) is 11.3 Å². The monoisotopic (exact) mass is 251 g/mol. The molecule has 0 spiro atoms. The third-order valence-corrected chi connectivity index (χ3v) is 4.63. The Hall–Kier alpha value is -0.870. The molecule has 2 aliphatic heterocycles. The van der Waals surface area contributed by atoms with Gasteiger partial charge in [-0.05, 0) is 36.3 Å². The van der Waals surface area contributed by atoms with E-state index < -0.39 is 0 Å². The van der Waals surface area contributed by atoms with Crippen LogP contribution in [0.1, 0.15) is 35.8 Å². The molecule has 1 amide bonds. The number of fused-ring (bicyclic) bond motifs is 1. The average Bonchev–Trinajstić information content (AvgIpc) is 3.00. The molecule has 0 radical (unpaired) electrons. The average molecular weight is 251 g/mol. The van der Waals surface area contributed by atoms with Crippen LogP contribution in [-0.4, -0.2) is 30.5 Å². The van der Waals surface area contributed by atoms with Crippen molar-refractivity contribution in [2.75, 3.05) is 19.7 Å². The normalized spacial score (nSPS) is 23.8. The van der Waals surface area contributed by atoms with Gasteiger partial charge in [0, 0.05) is 18.0 Å². The number of ether oxygens (including phenoxy) is 1. The van der Waals surface area contributed by atoms with E-state index >= 15 is 0 Å². The number of likely N-dealkylation sites (tertiary alicyclic amines) is 1. The molecular weight excluding hydrogens is 234 g/mol. The van der Waals surface area contributed by atoms with Crippen molar-refractivity contribution in [1.82, 2.24) is 4.90 Å². The van der Waals surface area contributed by atoms with Gasteiger partial charge >= 0.3 is 0 Å². The Balaban J connectivity index is 1.68. The fourth-order valence-electron chi connectivity index (χ4n) is 2.63. The Morgan fingerprint density at radius 1 is 1.47 bits per heavy atom. The quantitative estimate of drug-likeness (QED) is 0.807. The maximum absolute atomic E-state index is 12.1. The summed E-state index contributed by atoms with van der Waals surface area (Å²) in [6.45, 7) is 2.62. The lowest BCUT2D eigenvalue weighted by molar-refractivity contribution is -0.133. The van der Waals surface area contributed by atoms with Crippen molar-refractivity contribution in [3.05, 3.63) is 21.9 Å². The van der Waals surface area contributed by atoms with Crippen LogP contribution in [-0.2, 0) is 16.0 Å². The standard InChI is InChI=1S/C13H17NO2S/c15-12(14-5-1-2-6-14)9-11-13-10(3-7-16-11)4-8-17-13/h4,8,11H,1-3,5-7,9H2. The number of carbonyl (C=O) groups is 1. The molecule has 0 N–H and O–H groups in total. The Morgan fingerprint density at radius 2 is 2.29 bits per heavy atom. The summed E-state index contributed by atoms with van der Waals surface area (Å²) in [5.41, 5.74) is 1.38. The first-order chi connectivity index (χ1) is 8.34. The van der Waals surface area contributed by atoms with Gasteiger partial charge in [-0.2, -0.15) is 0 Å². The molecule has 0 bridgehead atoms. The fraction of sp³-hybridized carbons (Fsp3) is 0.615. The summed E-state index contributed by atoms with van der Waals surface area (Å²) >= 11 is 1.72. The van der Waals surface area contributed by atoms with Crippen LogP contribution in [0.15, 0.2) is 11.4 Å². The van der Waals surface area contributed by atoms with E-state index in [0.29, 0.717) is 6.42 Å². The van der Waals surface area contributed by atoms with E-state index in [1.807, 2.05) is 4.90 Å². The third-order valence-electron chi connectivity index (χ3n) is 3.58. The third kappa shape index (κ3) is 2.24. The van der Waals surface area contributed by atoms with E-state index in [4.69, 9.17) is 4.74 Å². The number of hydrogen-bond acceptors (Lipinski definition) is 3. The predicted molar refractivity (Wildman–Crippen MR) is 67.1 cm³/mol. The van der Waals surface area contributed by atoms with Crippen molar-refractivity contribution in [3.63, 3.8) is 0 Å². The zero-order chi connectivity index (χ0) is 11.7. The molecule has 1 saturated heterocycles. The van der Waals surface area contributed by atoms with Crippen LogP contribution in [0.3, 0.4) is 0 Å². The zero-order valence-electron chi connectivity index (χ0n) is 9.85. The van der Waals surface area contributed by atoms with Gasteiger partial charge in [0.1, 0.15) is 6.10 Å². The molecule has 3 nitrogen and oxygen atoms in total. The highest BCUT2D eigenvalue weighted by Crippen LogP contribution is 2.34. The first-order valence-corrected chi connectivity index (χ1v) is 7.18. The lowest BCUT2D eigenvalue weighted by Crippen LogP contribution is -2.30. The Bertz CT molecular complexity index is 409. The SMILES string of the molecule is O=C(CC1OCCc2ccsc21)N1CCCC1. The first kappa shape index (κ1) is 11.2. The number of rotatable bonds is 2. The summed E-state index contributed by atoms with van der Waals surface area (Å²) in [4.78, 5) is 15.3. The van der Waals surface area contributed by atoms with Crippen molar-refractivity contribution in [2.45, 2.75) is 31.8 Å². The van der Waals surface area contributed by atoms with Gasteiger partial charge in [-0.15, -0.1) is 11.3 Å². The van der Waals surface area contributed by atoms with Gasteiger partial charge in [-0.25, -0.2) is 0 Å². The maximum atomic E-state index is 12.1. The molecule has 0 aromatic carbocycles. The van der Waals surface area contributed by atoms with E-state index in [2.05, 4.69) is 11.4 Å². The number of amides is 1. The number of thiophene rings is 1. The molecular formula is C13H17NO2S. The highest BCUT2D eigenvalue weighted by Gasteiger charge is 2.27. The lowest BCUT2D eigenvalue weighted by Gasteiger charge is -2.24. The molecule has 0 saturated carbocycles. The molecule has 17 heavy (non-hydrogen) atoms. The molecule has 1 fully saturated rings. The summed E-state index contributed by atoms with van der Waals surface area (Å²) in [6, 6.07) is 2.16. The first-order valence-electron chi connectivity index (χ1n) is 6.30. The largest absolute Gasteiger partial charge is 0.372 e. The second kappa shape index (κ2) is 4.78. The summed E-state index contributed by atoms with van der Waals surface area (Å²) < 4.78 is 5.76. The van der Waals surface area contributed by atoms with Gasteiger partial charge in [0.2, 0.25) is 5.91 Å². The van der Waals surface area contributed by atoms with Crippen LogP contribution in [0, 0.1) is 0 Å². The molecule has 0 aliphatic carbocycles. The molecule has 1 unspecified atom stereocenters. The molecule has 3 rings (SSSR count). The number of hydrogen-bond donors (Lipinski definition) is 0. The van der Waals surface area contributed by atoms with Crippen molar-refractivity contribution < 1.29 is 9.53 Å². The van der Waals surface area contributed by atoms with Gasteiger partial charge in [-0.1, -0.05) is 0 Å². The summed E-state index contributed by atoms with van der Waals surface area (Å²) in [5, 5.41) is 2.10. The molecule has 1 aromatic rings. The van der Waals surface area contributed by atoms with Crippen LogP contribution < -0.4 is 0 Å². The molecule has 2 aliphatic rings. The topological polar surface area (TPSA) is 29.5 Å². The van der Waals surface area contributed by atoms with Crippen LogP contribution in [0.2, 0.25) is 0 Å². The van der Waals surface area contributed by atoms with E-state index in [9.17, 15) is 4.79 Å². The highest BCUT2D eigenvalue weighted by molar-refractivity contribution is 7.10. The Morgan fingerprint density at radius 3 is 3.12 bits per heavy atom. The smallest absolute Gasteiger partial charge is 0.225 e. The van der Waals surface area contributed by atoms with Gasteiger partial charge in [0.05, 0.1) is 13.0 Å². The number of carbonyl (C=O) groups excluding carboxylic acids is 1. The molecule has 4 heteroatoms. The van der Waals surface area contributed by atoms with E-state index in [0.717, 1.165) is 39.0 Å². The minimum atomic E-state index is 0.00634. The minimum Gasteiger partial charge on any atom is -0.372 e. The second-order valence-electron chi connectivity index (χ2n) is 4.71. The molecule has 92 valence electrons. The van der Waals surface area contributed by atoms with E-state index in [-0.39, 0.29) is 12.0 Å². The van der Waals surface area contributed by atoms with Crippen LogP contribution in [0.25, 0.3) is 0 Å². The van der Waals surface area contributed by atoms with Gasteiger partial charge in [0.25, 0.3) is 0 Å². The summed E-state index contributed by atoms with van der Waals surface area (Å²) in [6.07, 6.45) is 3.83. The van der Waals surface area contributed by atoms with Crippen molar-refractivity contribution in [3.8, 4) is 0 Å². The Labute approximate surface area is 105 Å². The van der Waals surface area contributed by atoms with Crippen LogP contribution >= 0.6 is 11.3 Å². The van der Waals surface area contributed by atoms with Gasteiger partial charge in [-0.3, -0.25) is 4.79 Å². The van der Waals surface area contributed by atoms with Gasteiger partial charge < -0.3 is 9.64 Å². The van der Waals surface area contributed by atoms with Crippen molar-refractivity contribution in [1.29, 1.82) is 0 Å². The summed E-state index contributed by atoms with van der Waals surface area (Å²) in [7, 11) is 0. The van der Waals surface area contributed by atoms with Crippen molar-refractivity contribution >= 4 is 17.2 Å². The van der Waals surface area contributed by atoms with E-state index in [1.165, 1.54) is 10.4 Å². The van der Waals surface area contributed by atoms with Crippen LogP contribution in [0.5, 0.6) is 0 Å². The fourth-order valence-corrected chi connectivity index (χ4v) is 3.63. The van der Waals surface area contributed by atoms with Crippen molar-refractivity contribution in [2.24, 2.45) is 0 Å². The molecule has 3 heterocycles. The zero-order valence-corrected chi connectivity index (χ0v) is 10.7. The molecule has 1 atom stereocenters.